The molecule has 2 N–H and O–H groups in total. The van der Waals surface area contributed by atoms with Gasteiger partial charge in [0.15, 0.2) is 5.82 Å². The fourth-order valence-electron chi connectivity index (χ4n) is 2.00. The highest BCUT2D eigenvalue weighted by atomic mass is 35.5. The van der Waals surface area contributed by atoms with Crippen LogP contribution in [-0.2, 0) is 0 Å². The van der Waals surface area contributed by atoms with E-state index >= 15 is 0 Å². The van der Waals surface area contributed by atoms with Crippen LogP contribution in [0, 0.1) is 0 Å². The molecule has 0 aliphatic carbocycles. The van der Waals surface area contributed by atoms with Gasteiger partial charge in [-0.3, -0.25) is 4.90 Å². The normalized spacial score (nSPS) is 22.9. The van der Waals surface area contributed by atoms with Crippen LogP contribution in [0.5, 0.6) is 0 Å². The van der Waals surface area contributed by atoms with Gasteiger partial charge in [0.2, 0.25) is 0 Å². The number of hydrogen-bond donors (Lipinski definition) is 1. The Balaban J connectivity index is 2.24. The lowest BCUT2D eigenvalue weighted by Gasteiger charge is -2.31. The summed E-state index contributed by atoms with van der Waals surface area (Å²) in [5.74, 6) is 0.305. The number of nitrogen functional groups attached to an aromatic ring is 1. The number of nitrogens with zero attached hydrogens (tertiary/aromatic N) is 3. The van der Waals surface area contributed by atoms with Crippen molar-refractivity contribution >= 4 is 17.4 Å². The van der Waals surface area contributed by atoms with Crippen molar-refractivity contribution in [2.45, 2.75) is 25.3 Å². The Morgan fingerprint density at radius 3 is 2.93 bits per heavy atom. The smallest absolute Gasteiger partial charge is 0.164 e. The van der Waals surface area contributed by atoms with Gasteiger partial charge in [-0.2, -0.15) is 5.10 Å². The first-order valence-electron chi connectivity index (χ1n) is 5.17. The summed E-state index contributed by atoms with van der Waals surface area (Å²) < 4.78 is 0. The van der Waals surface area contributed by atoms with Gasteiger partial charge in [0, 0.05) is 0 Å². The number of rotatable bonds is 1. The Labute approximate surface area is 94.4 Å². The molecule has 1 saturated heterocycles. The lowest BCUT2D eigenvalue weighted by Crippen LogP contribution is -2.30. The van der Waals surface area contributed by atoms with Gasteiger partial charge in [-0.05, 0) is 32.5 Å². The van der Waals surface area contributed by atoms with Crippen molar-refractivity contribution in [3.63, 3.8) is 0 Å². The van der Waals surface area contributed by atoms with E-state index in [1.54, 1.807) is 0 Å². The predicted molar refractivity (Wildman–Crippen MR) is 60.7 cm³/mol. The van der Waals surface area contributed by atoms with Crippen LogP contribution in [0.3, 0.4) is 0 Å². The second-order valence-electron chi connectivity index (χ2n) is 3.99. The van der Waals surface area contributed by atoms with Crippen LogP contribution in [0.25, 0.3) is 0 Å². The number of halogens is 1. The standard InChI is InChI=1S/C10H15ClN4/c1-15-5-3-2-4-9(15)8-6-7(11)10(12)14-13-8/h6,9H,2-5H2,1H3,(H2,12,14). The van der Waals surface area contributed by atoms with Crippen LogP contribution in [-0.4, -0.2) is 28.7 Å². The molecule has 82 valence electrons. The van der Waals surface area contributed by atoms with Crippen molar-refractivity contribution in [3.8, 4) is 0 Å². The van der Waals surface area contributed by atoms with Crippen molar-refractivity contribution in [1.29, 1.82) is 0 Å². The zero-order valence-electron chi connectivity index (χ0n) is 8.78. The summed E-state index contributed by atoms with van der Waals surface area (Å²) in [5.41, 5.74) is 6.46. The third kappa shape index (κ3) is 2.21. The molecule has 0 amide bonds. The highest BCUT2D eigenvalue weighted by Gasteiger charge is 2.22. The first-order chi connectivity index (χ1) is 7.18. The van der Waals surface area contributed by atoms with Gasteiger partial charge in [0.05, 0.1) is 16.8 Å². The SMILES string of the molecule is CN1CCCCC1c1cc(Cl)c(N)nn1. The quantitative estimate of drug-likeness (QED) is 0.795. The number of nitrogens with two attached hydrogens (primary N) is 1. The van der Waals surface area contributed by atoms with Crippen LogP contribution >= 0.6 is 11.6 Å². The molecule has 1 aliphatic rings. The lowest BCUT2D eigenvalue weighted by molar-refractivity contribution is 0.182. The summed E-state index contributed by atoms with van der Waals surface area (Å²) in [5, 5.41) is 8.47. The average molecular weight is 227 g/mol. The van der Waals surface area contributed by atoms with E-state index < -0.39 is 0 Å². The molecular formula is C10H15ClN4. The Hall–Kier alpha value is -0.870. The van der Waals surface area contributed by atoms with Gasteiger partial charge in [-0.15, -0.1) is 5.10 Å². The number of hydrogen-bond acceptors (Lipinski definition) is 4. The summed E-state index contributed by atoms with van der Waals surface area (Å²) in [7, 11) is 2.11. The second-order valence-corrected chi connectivity index (χ2v) is 4.40. The summed E-state index contributed by atoms with van der Waals surface area (Å²) >= 11 is 5.93. The van der Waals surface area contributed by atoms with Crippen molar-refractivity contribution in [2.75, 3.05) is 19.3 Å². The van der Waals surface area contributed by atoms with Gasteiger partial charge in [0.1, 0.15) is 0 Å². The van der Waals surface area contributed by atoms with Gasteiger partial charge in [0.25, 0.3) is 0 Å². The van der Waals surface area contributed by atoms with Crippen LogP contribution in [0.1, 0.15) is 31.0 Å². The molecule has 1 fully saturated rings. The van der Waals surface area contributed by atoms with Crippen LogP contribution in [0.2, 0.25) is 5.02 Å². The number of anilines is 1. The maximum Gasteiger partial charge on any atom is 0.164 e. The molecule has 0 aromatic carbocycles. The summed E-state index contributed by atoms with van der Waals surface area (Å²) in [6.07, 6.45) is 3.60. The summed E-state index contributed by atoms with van der Waals surface area (Å²) in [6.45, 7) is 1.11. The molecule has 1 aliphatic heterocycles. The van der Waals surface area contributed by atoms with E-state index in [1.807, 2.05) is 6.07 Å². The van der Waals surface area contributed by atoms with Gasteiger partial charge < -0.3 is 5.73 Å². The summed E-state index contributed by atoms with van der Waals surface area (Å²) in [4.78, 5) is 2.29. The first kappa shape index (κ1) is 10.6. The molecule has 2 rings (SSSR count). The van der Waals surface area contributed by atoms with Crippen LogP contribution in [0.15, 0.2) is 6.07 Å². The molecule has 1 unspecified atom stereocenters. The molecule has 1 aromatic heterocycles. The lowest BCUT2D eigenvalue weighted by atomic mass is 10.00. The van der Waals surface area contributed by atoms with Crippen molar-refractivity contribution in [1.82, 2.24) is 15.1 Å². The maximum absolute atomic E-state index is 5.93. The largest absolute Gasteiger partial charge is 0.381 e. The van der Waals surface area contributed by atoms with Crippen LogP contribution < -0.4 is 5.73 Å². The molecule has 0 spiro atoms. The first-order valence-corrected chi connectivity index (χ1v) is 5.55. The van der Waals surface area contributed by atoms with Gasteiger partial charge >= 0.3 is 0 Å². The van der Waals surface area contributed by atoms with E-state index in [2.05, 4.69) is 22.1 Å². The minimum atomic E-state index is 0.305. The molecule has 15 heavy (non-hydrogen) atoms. The number of likely N-dealkylation sites (tertiary alicyclic amines) is 1. The highest BCUT2D eigenvalue weighted by molar-refractivity contribution is 6.32. The molecule has 4 nitrogen and oxygen atoms in total. The summed E-state index contributed by atoms with van der Waals surface area (Å²) in [6, 6.07) is 2.17. The fourth-order valence-corrected chi connectivity index (χ4v) is 2.15. The van der Waals surface area contributed by atoms with E-state index in [9.17, 15) is 0 Å². The molecule has 1 aromatic rings. The van der Waals surface area contributed by atoms with Crippen LogP contribution in [0.4, 0.5) is 5.82 Å². The Kier molecular flexibility index (Phi) is 3.07. The zero-order valence-corrected chi connectivity index (χ0v) is 9.54. The topological polar surface area (TPSA) is 55.0 Å². The second kappa shape index (κ2) is 4.33. The van der Waals surface area contributed by atoms with E-state index in [-0.39, 0.29) is 0 Å². The monoisotopic (exact) mass is 226 g/mol. The molecular weight excluding hydrogens is 212 g/mol. The van der Waals surface area contributed by atoms with E-state index in [0.29, 0.717) is 16.9 Å². The molecule has 0 radical (unpaired) electrons. The minimum Gasteiger partial charge on any atom is -0.381 e. The van der Waals surface area contributed by atoms with Crippen molar-refractivity contribution in [3.05, 3.63) is 16.8 Å². The van der Waals surface area contributed by atoms with Gasteiger partial charge in [-0.25, -0.2) is 0 Å². The molecule has 5 heteroatoms. The maximum atomic E-state index is 5.93. The molecule has 0 bridgehead atoms. The minimum absolute atomic E-state index is 0.305. The Morgan fingerprint density at radius 2 is 2.27 bits per heavy atom. The van der Waals surface area contributed by atoms with E-state index in [1.165, 1.54) is 12.8 Å². The Bertz CT molecular complexity index is 355. The highest BCUT2D eigenvalue weighted by Crippen LogP contribution is 2.29. The number of piperidine rings is 1. The average Bonchev–Trinajstić information content (AvgIpc) is 2.23. The number of aromatic nitrogens is 2. The van der Waals surface area contributed by atoms with E-state index in [0.717, 1.165) is 18.7 Å². The third-order valence-electron chi connectivity index (χ3n) is 2.90. The Morgan fingerprint density at radius 1 is 1.47 bits per heavy atom. The molecule has 0 saturated carbocycles. The van der Waals surface area contributed by atoms with Gasteiger partial charge in [-0.1, -0.05) is 18.0 Å². The molecule has 2 heterocycles. The predicted octanol–water partition coefficient (Wildman–Crippen LogP) is 1.87. The molecule has 1 atom stereocenters. The fraction of sp³-hybridized carbons (Fsp3) is 0.600. The van der Waals surface area contributed by atoms with Crippen molar-refractivity contribution < 1.29 is 0 Å². The van der Waals surface area contributed by atoms with Crippen molar-refractivity contribution in [2.24, 2.45) is 0 Å². The zero-order chi connectivity index (χ0) is 10.8. The third-order valence-corrected chi connectivity index (χ3v) is 3.21. The van der Waals surface area contributed by atoms with E-state index in [4.69, 9.17) is 17.3 Å².